The molecule has 1 heterocycles. The maximum absolute atomic E-state index is 12.4. The van der Waals surface area contributed by atoms with Crippen molar-refractivity contribution in [2.24, 2.45) is 0 Å². The van der Waals surface area contributed by atoms with Gasteiger partial charge in [-0.2, -0.15) is 5.26 Å². The molecule has 0 radical (unpaired) electrons. The highest BCUT2D eigenvalue weighted by Crippen LogP contribution is 2.22. The molecule has 0 unspecified atom stereocenters. The first kappa shape index (κ1) is 16.9. The number of hydrogen-bond donors (Lipinski definition) is 1. The lowest BCUT2D eigenvalue weighted by Crippen LogP contribution is -2.25. The molecule has 128 valence electrons. The van der Waals surface area contributed by atoms with E-state index in [1.54, 1.807) is 42.5 Å². The average molecular weight is 347 g/mol. The van der Waals surface area contributed by atoms with E-state index in [-0.39, 0.29) is 6.61 Å². The number of benzene rings is 2. The number of aromatic nitrogens is 2. The van der Waals surface area contributed by atoms with Crippen LogP contribution in [0, 0.1) is 11.3 Å². The second-order valence-corrected chi connectivity index (χ2v) is 5.36. The minimum absolute atomic E-state index is 0.188. The minimum atomic E-state index is -1.34. The van der Waals surface area contributed by atoms with E-state index < -0.39 is 17.1 Å². The molecular formula is C19H13N3O4. The number of hydrogen-bond acceptors (Lipinski definition) is 5. The number of nitriles is 1. The van der Waals surface area contributed by atoms with E-state index in [0.717, 1.165) is 16.3 Å². The summed E-state index contributed by atoms with van der Waals surface area (Å²) in [5, 5.41) is 18.1. The predicted octanol–water partition coefficient (Wildman–Crippen LogP) is 2.38. The van der Waals surface area contributed by atoms with Gasteiger partial charge in [0, 0.05) is 6.20 Å². The van der Waals surface area contributed by atoms with Crippen LogP contribution in [0.25, 0.3) is 5.69 Å². The number of ether oxygens (including phenoxy) is 1. The maximum atomic E-state index is 12.4. The van der Waals surface area contributed by atoms with Gasteiger partial charge >= 0.3 is 5.97 Å². The number of aromatic carboxylic acids is 1. The van der Waals surface area contributed by atoms with Gasteiger partial charge in [-0.15, -0.1) is 0 Å². The van der Waals surface area contributed by atoms with Gasteiger partial charge in [0.05, 0.1) is 17.3 Å². The van der Waals surface area contributed by atoms with Crippen molar-refractivity contribution in [3.05, 3.63) is 88.1 Å². The first-order chi connectivity index (χ1) is 12.6. The lowest BCUT2D eigenvalue weighted by atomic mass is 10.1. The van der Waals surface area contributed by atoms with Crippen molar-refractivity contribution >= 4 is 5.97 Å². The van der Waals surface area contributed by atoms with Crippen LogP contribution < -0.4 is 10.3 Å². The SMILES string of the molecule is N#Cc1cccc(COc2ccccc2-n2cncc(C(=O)O)c2=O)c1. The quantitative estimate of drug-likeness (QED) is 0.760. The van der Waals surface area contributed by atoms with E-state index in [4.69, 9.17) is 15.1 Å². The summed E-state index contributed by atoms with van der Waals surface area (Å²) in [7, 11) is 0. The lowest BCUT2D eigenvalue weighted by Gasteiger charge is -2.13. The van der Waals surface area contributed by atoms with Gasteiger partial charge in [0.1, 0.15) is 24.2 Å². The fourth-order valence-corrected chi connectivity index (χ4v) is 2.40. The Kier molecular flexibility index (Phi) is 4.76. The molecule has 0 amide bonds. The van der Waals surface area contributed by atoms with Gasteiger partial charge in [-0.25, -0.2) is 9.78 Å². The van der Waals surface area contributed by atoms with Crippen LogP contribution in [0.2, 0.25) is 0 Å². The zero-order valence-corrected chi connectivity index (χ0v) is 13.5. The molecule has 7 heteroatoms. The number of rotatable bonds is 5. The highest BCUT2D eigenvalue weighted by molar-refractivity contribution is 5.86. The highest BCUT2D eigenvalue weighted by atomic mass is 16.5. The van der Waals surface area contributed by atoms with Gasteiger partial charge in [0.25, 0.3) is 5.56 Å². The molecule has 0 atom stereocenters. The Morgan fingerprint density at radius 1 is 1.23 bits per heavy atom. The molecule has 26 heavy (non-hydrogen) atoms. The summed E-state index contributed by atoms with van der Waals surface area (Å²) in [5.74, 6) is -0.954. The monoisotopic (exact) mass is 347 g/mol. The maximum Gasteiger partial charge on any atom is 0.342 e. The predicted molar refractivity (Wildman–Crippen MR) is 92.3 cm³/mol. The summed E-state index contributed by atoms with van der Waals surface area (Å²) in [6.07, 6.45) is 2.26. The number of nitrogens with zero attached hydrogens (tertiary/aromatic N) is 3. The van der Waals surface area contributed by atoms with Crippen LogP contribution >= 0.6 is 0 Å². The Bertz CT molecular complexity index is 1070. The lowest BCUT2D eigenvalue weighted by molar-refractivity contribution is 0.0694. The molecule has 0 fully saturated rings. The third-order valence-electron chi connectivity index (χ3n) is 3.64. The third kappa shape index (κ3) is 3.44. The number of carboxylic acids is 1. The van der Waals surface area contributed by atoms with Gasteiger partial charge in [0.2, 0.25) is 0 Å². The first-order valence-electron chi connectivity index (χ1n) is 7.61. The van der Waals surface area contributed by atoms with Crippen molar-refractivity contribution in [3.8, 4) is 17.5 Å². The summed E-state index contributed by atoms with van der Waals surface area (Å²) in [6.45, 7) is 0.188. The standard InChI is InChI=1S/C19H13N3O4/c20-9-13-4-3-5-14(8-13)11-26-17-7-2-1-6-16(17)22-12-21-10-15(18(22)23)19(24)25/h1-8,10,12H,11H2,(H,24,25). The van der Waals surface area contributed by atoms with Crippen molar-refractivity contribution in [2.75, 3.05) is 0 Å². The summed E-state index contributed by atoms with van der Waals surface area (Å²) >= 11 is 0. The number of para-hydroxylation sites is 2. The summed E-state index contributed by atoms with van der Waals surface area (Å²) in [6, 6.07) is 15.8. The number of carboxylic acid groups (broad SMARTS) is 1. The molecule has 7 nitrogen and oxygen atoms in total. The topological polar surface area (TPSA) is 105 Å². The normalized spacial score (nSPS) is 10.1. The Hall–Kier alpha value is -3.92. The zero-order valence-electron chi connectivity index (χ0n) is 13.5. The Morgan fingerprint density at radius 2 is 2.04 bits per heavy atom. The van der Waals surface area contributed by atoms with E-state index in [9.17, 15) is 9.59 Å². The third-order valence-corrected chi connectivity index (χ3v) is 3.64. The van der Waals surface area contributed by atoms with Gasteiger partial charge in [0.15, 0.2) is 0 Å². The van der Waals surface area contributed by atoms with Crippen LogP contribution in [0.3, 0.4) is 0 Å². The molecule has 0 aliphatic carbocycles. The largest absolute Gasteiger partial charge is 0.487 e. The fourth-order valence-electron chi connectivity index (χ4n) is 2.40. The molecule has 1 aromatic heterocycles. The molecule has 0 bridgehead atoms. The van der Waals surface area contributed by atoms with Gasteiger partial charge < -0.3 is 9.84 Å². The van der Waals surface area contributed by atoms with Crippen LogP contribution in [0.15, 0.2) is 65.8 Å². The molecule has 1 N–H and O–H groups in total. The van der Waals surface area contributed by atoms with Crippen LogP contribution in [0.1, 0.15) is 21.5 Å². The van der Waals surface area contributed by atoms with Crippen molar-refractivity contribution < 1.29 is 14.6 Å². The molecule has 3 aromatic rings. The molecule has 0 saturated heterocycles. The molecule has 3 rings (SSSR count). The Morgan fingerprint density at radius 3 is 2.81 bits per heavy atom. The van der Waals surface area contributed by atoms with E-state index >= 15 is 0 Å². The van der Waals surface area contributed by atoms with Crippen LogP contribution in [0.4, 0.5) is 0 Å². The van der Waals surface area contributed by atoms with Crippen molar-refractivity contribution in [2.45, 2.75) is 6.61 Å². The Balaban J connectivity index is 1.95. The molecule has 0 aliphatic rings. The van der Waals surface area contributed by atoms with E-state index in [2.05, 4.69) is 11.1 Å². The van der Waals surface area contributed by atoms with Crippen molar-refractivity contribution in [1.82, 2.24) is 9.55 Å². The second-order valence-electron chi connectivity index (χ2n) is 5.36. The van der Waals surface area contributed by atoms with Gasteiger partial charge in [-0.05, 0) is 29.8 Å². The molecular weight excluding hydrogens is 334 g/mol. The van der Waals surface area contributed by atoms with Gasteiger partial charge in [-0.1, -0.05) is 24.3 Å². The van der Waals surface area contributed by atoms with Crippen LogP contribution in [-0.4, -0.2) is 20.6 Å². The fraction of sp³-hybridized carbons (Fsp3) is 0.0526. The molecule has 0 saturated carbocycles. The smallest absolute Gasteiger partial charge is 0.342 e. The highest BCUT2D eigenvalue weighted by Gasteiger charge is 2.14. The zero-order chi connectivity index (χ0) is 18.5. The first-order valence-corrected chi connectivity index (χ1v) is 7.61. The Labute approximate surface area is 148 Å². The molecule has 2 aromatic carbocycles. The average Bonchev–Trinajstić information content (AvgIpc) is 2.67. The molecule has 0 spiro atoms. The summed E-state index contributed by atoms with van der Waals surface area (Å²) < 4.78 is 6.92. The molecule has 0 aliphatic heterocycles. The van der Waals surface area contributed by atoms with Crippen LogP contribution in [0.5, 0.6) is 5.75 Å². The number of carbonyl (C=O) groups is 1. The van der Waals surface area contributed by atoms with E-state index in [1.807, 2.05) is 6.07 Å². The van der Waals surface area contributed by atoms with Crippen molar-refractivity contribution in [3.63, 3.8) is 0 Å². The van der Waals surface area contributed by atoms with Gasteiger partial charge in [-0.3, -0.25) is 9.36 Å². The van der Waals surface area contributed by atoms with E-state index in [0.29, 0.717) is 17.0 Å². The van der Waals surface area contributed by atoms with Crippen LogP contribution in [-0.2, 0) is 6.61 Å². The van der Waals surface area contributed by atoms with E-state index in [1.165, 1.54) is 6.33 Å². The minimum Gasteiger partial charge on any atom is -0.487 e. The summed E-state index contributed by atoms with van der Waals surface area (Å²) in [5.41, 5.74) is 0.571. The second kappa shape index (κ2) is 7.32. The summed E-state index contributed by atoms with van der Waals surface area (Å²) in [4.78, 5) is 27.3. The van der Waals surface area contributed by atoms with Crippen molar-refractivity contribution in [1.29, 1.82) is 5.26 Å².